The molecule has 3 rings (SSSR count). The van der Waals surface area contributed by atoms with Crippen LogP contribution in [0.15, 0.2) is 18.2 Å². The van der Waals surface area contributed by atoms with Gasteiger partial charge in [0.05, 0.1) is 6.42 Å². The number of rotatable bonds is 7. The van der Waals surface area contributed by atoms with E-state index in [1.165, 1.54) is 23.1 Å². The summed E-state index contributed by atoms with van der Waals surface area (Å²) in [6.07, 6.45) is -1.88. The Morgan fingerprint density at radius 1 is 1.21 bits per heavy atom. The van der Waals surface area contributed by atoms with Crippen LogP contribution in [0, 0.1) is 0 Å². The van der Waals surface area contributed by atoms with E-state index in [1.54, 1.807) is 0 Å². The molecule has 0 aromatic heterocycles. The number of nitrogens with one attached hydrogen (secondary N) is 1. The van der Waals surface area contributed by atoms with Crippen molar-refractivity contribution < 1.29 is 32.2 Å². The maximum Gasteiger partial charge on any atom is 0.422 e. The number of carbonyl (C=O) groups excluding carboxylic acids is 2. The molecular formula is C20H25F3N2O4. The lowest BCUT2D eigenvalue weighted by Gasteiger charge is -2.17. The van der Waals surface area contributed by atoms with E-state index < -0.39 is 24.8 Å². The first-order chi connectivity index (χ1) is 13.8. The Morgan fingerprint density at radius 2 is 2.00 bits per heavy atom. The normalized spacial score (nSPS) is 19.1. The molecule has 2 aliphatic rings. The molecule has 1 aliphatic carbocycles. The van der Waals surface area contributed by atoms with Gasteiger partial charge in [0.2, 0.25) is 0 Å². The number of halogens is 3. The average molecular weight is 414 g/mol. The van der Waals surface area contributed by atoms with Gasteiger partial charge in [-0.3, -0.25) is 9.69 Å². The summed E-state index contributed by atoms with van der Waals surface area (Å²) in [5, 5.41) is 2.10. The van der Waals surface area contributed by atoms with Crippen molar-refractivity contribution in [2.75, 3.05) is 26.2 Å². The lowest BCUT2D eigenvalue weighted by atomic mass is 10.1. The predicted molar refractivity (Wildman–Crippen MR) is 98.3 cm³/mol. The van der Waals surface area contributed by atoms with Crippen molar-refractivity contribution in [2.45, 2.75) is 50.9 Å². The number of aryl methyl sites for hydroxylation is 2. The fourth-order valence-corrected chi connectivity index (χ4v) is 3.73. The predicted octanol–water partition coefficient (Wildman–Crippen LogP) is 2.97. The van der Waals surface area contributed by atoms with E-state index in [9.17, 15) is 22.8 Å². The van der Waals surface area contributed by atoms with Crippen molar-refractivity contribution in [3.63, 3.8) is 0 Å². The first-order valence-corrected chi connectivity index (χ1v) is 9.78. The minimum Gasteiger partial charge on any atom is -0.461 e. The number of esters is 1. The molecule has 1 amide bonds. The highest BCUT2D eigenvalue weighted by Gasteiger charge is 2.29. The minimum atomic E-state index is -4.58. The molecule has 1 saturated heterocycles. The van der Waals surface area contributed by atoms with E-state index in [0.717, 1.165) is 32.4 Å². The fraction of sp³-hybridized carbons (Fsp3) is 0.600. The second kappa shape index (κ2) is 9.47. The Morgan fingerprint density at radius 3 is 2.79 bits per heavy atom. The second-order valence-electron chi connectivity index (χ2n) is 7.46. The van der Waals surface area contributed by atoms with E-state index in [1.807, 2.05) is 0 Å². The average Bonchev–Trinajstić information content (AvgIpc) is 3.28. The third-order valence-electron chi connectivity index (χ3n) is 5.06. The number of carbonyl (C=O) groups is 2. The van der Waals surface area contributed by atoms with E-state index in [2.05, 4.69) is 33.2 Å². The molecular weight excluding hydrogens is 389 g/mol. The second-order valence-corrected chi connectivity index (χ2v) is 7.46. The summed E-state index contributed by atoms with van der Waals surface area (Å²) in [6, 6.07) is 6.64. The van der Waals surface area contributed by atoms with Crippen molar-refractivity contribution in [1.82, 2.24) is 10.2 Å². The van der Waals surface area contributed by atoms with Gasteiger partial charge in [-0.15, -0.1) is 0 Å². The monoisotopic (exact) mass is 414 g/mol. The number of nitrogens with zero attached hydrogens (tertiary/aromatic N) is 1. The topological polar surface area (TPSA) is 67.9 Å². The third-order valence-corrected chi connectivity index (χ3v) is 5.06. The fourth-order valence-electron chi connectivity index (χ4n) is 3.73. The van der Waals surface area contributed by atoms with Crippen molar-refractivity contribution >= 4 is 12.1 Å². The van der Waals surface area contributed by atoms with Crippen LogP contribution in [0.25, 0.3) is 0 Å². The van der Waals surface area contributed by atoms with E-state index in [4.69, 9.17) is 4.74 Å². The Hall–Kier alpha value is -2.29. The van der Waals surface area contributed by atoms with Gasteiger partial charge in [0.1, 0.15) is 6.10 Å². The van der Waals surface area contributed by atoms with Gasteiger partial charge in [0, 0.05) is 26.2 Å². The van der Waals surface area contributed by atoms with Gasteiger partial charge in [-0.2, -0.15) is 13.2 Å². The summed E-state index contributed by atoms with van der Waals surface area (Å²) in [7, 11) is 0. The Balaban J connectivity index is 1.32. The van der Waals surface area contributed by atoms with E-state index in [-0.39, 0.29) is 19.1 Å². The van der Waals surface area contributed by atoms with Crippen LogP contribution >= 0.6 is 0 Å². The smallest absolute Gasteiger partial charge is 0.422 e. The number of amides is 1. The molecule has 9 heteroatoms. The molecule has 1 unspecified atom stereocenters. The summed E-state index contributed by atoms with van der Waals surface area (Å²) in [5.41, 5.74) is 4.14. The van der Waals surface area contributed by atoms with Gasteiger partial charge in [-0.25, -0.2) is 4.79 Å². The van der Waals surface area contributed by atoms with E-state index in [0.29, 0.717) is 6.54 Å². The number of hydrogen-bond donors (Lipinski definition) is 1. The molecule has 1 aromatic carbocycles. The maximum atomic E-state index is 11.9. The molecule has 1 aliphatic heterocycles. The van der Waals surface area contributed by atoms with Crippen LogP contribution in [0.4, 0.5) is 18.0 Å². The number of likely N-dealkylation sites (tertiary alicyclic amines) is 1. The lowest BCUT2D eigenvalue weighted by Crippen LogP contribution is -2.31. The van der Waals surface area contributed by atoms with Crippen LogP contribution in [-0.2, 0) is 33.7 Å². The van der Waals surface area contributed by atoms with Gasteiger partial charge in [-0.1, -0.05) is 18.2 Å². The highest BCUT2D eigenvalue weighted by molar-refractivity contribution is 5.72. The number of alkyl halides is 3. The maximum absolute atomic E-state index is 11.9. The molecule has 0 radical (unpaired) electrons. The minimum absolute atomic E-state index is 0.123. The molecule has 1 fully saturated rings. The number of benzene rings is 1. The van der Waals surface area contributed by atoms with Crippen LogP contribution in [0.1, 0.15) is 36.0 Å². The molecule has 6 nitrogen and oxygen atoms in total. The number of ether oxygens (including phenoxy) is 2. The Kier molecular flexibility index (Phi) is 7.00. The van der Waals surface area contributed by atoms with Crippen molar-refractivity contribution in [2.24, 2.45) is 0 Å². The lowest BCUT2D eigenvalue weighted by molar-refractivity contribution is -0.160. The summed E-state index contributed by atoms with van der Waals surface area (Å²) in [4.78, 5) is 25.2. The van der Waals surface area contributed by atoms with Crippen molar-refractivity contribution in [3.05, 3.63) is 34.9 Å². The molecule has 1 aromatic rings. The number of hydrogen-bond acceptors (Lipinski definition) is 5. The van der Waals surface area contributed by atoms with Crippen LogP contribution < -0.4 is 5.32 Å². The SMILES string of the molecule is O=C(CCNC(=O)OCC(F)(F)F)OC1CCN(Cc2ccc3c(c2)CCC3)C1. The van der Waals surface area contributed by atoms with Gasteiger partial charge < -0.3 is 14.8 Å². The van der Waals surface area contributed by atoms with Crippen molar-refractivity contribution in [3.8, 4) is 0 Å². The first-order valence-electron chi connectivity index (χ1n) is 9.78. The van der Waals surface area contributed by atoms with Gasteiger partial charge >= 0.3 is 18.2 Å². The molecule has 0 saturated carbocycles. The Labute approximate surface area is 167 Å². The highest BCUT2D eigenvalue weighted by atomic mass is 19.4. The Bertz CT molecular complexity index is 739. The number of fused-ring (bicyclic) bond motifs is 1. The zero-order valence-electron chi connectivity index (χ0n) is 16.1. The van der Waals surface area contributed by atoms with E-state index >= 15 is 0 Å². The summed E-state index contributed by atoms with van der Waals surface area (Å²) in [5.74, 6) is -0.495. The largest absolute Gasteiger partial charge is 0.461 e. The molecule has 1 atom stereocenters. The summed E-state index contributed by atoms with van der Waals surface area (Å²) >= 11 is 0. The molecule has 29 heavy (non-hydrogen) atoms. The van der Waals surface area contributed by atoms with Crippen LogP contribution in [0.5, 0.6) is 0 Å². The quantitative estimate of drug-likeness (QED) is 0.695. The summed E-state index contributed by atoms with van der Waals surface area (Å²) < 4.78 is 45.2. The zero-order chi connectivity index (χ0) is 20.9. The van der Waals surface area contributed by atoms with Crippen LogP contribution in [0.2, 0.25) is 0 Å². The van der Waals surface area contributed by atoms with Crippen LogP contribution in [-0.4, -0.2) is 55.5 Å². The molecule has 0 bridgehead atoms. The van der Waals surface area contributed by atoms with Gasteiger partial charge in [0.25, 0.3) is 0 Å². The third kappa shape index (κ3) is 6.92. The molecule has 1 N–H and O–H groups in total. The van der Waals surface area contributed by atoms with Crippen molar-refractivity contribution in [1.29, 1.82) is 0 Å². The van der Waals surface area contributed by atoms with Gasteiger partial charge in [-0.05, 0) is 42.4 Å². The first kappa shape index (κ1) is 21.4. The summed E-state index contributed by atoms with van der Waals surface area (Å²) in [6.45, 7) is 0.487. The van der Waals surface area contributed by atoms with Gasteiger partial charge in [0.15, 0.2) is 6.61 Å². The molecule has 1 heterocycles. The zero-order valence-corrected chi connectivity index (χ0v) is 16.1. The standard InChI is InChI=1S/C20H25F3N2O4/c21-20(22,23)13-28-19(27)24-8-6-18(26)29-17-7-9-25(12-17)11-14-4-5-15-2-1-3-16(15)10-14/h4-5,10,17H,1-3,6-9,11-13H2,(H,24,27). The molecule has 160 valence electrons. The highest BCUT2D eigenvalue weighted by Crippen LogP contribution is 2.24. The molecule has 0 spiro atoms. The van der Waals surface area contributed by atoms with Crippen LogP contribution in [0.3, 0.4) is 0 Å². The number of alkyl carbamates (subject to hydrolysis) is 1.